The van der Waals surface area contributed by atoms with Crippen molar-refractivity contribution in [3.63, 3.8) is 0 Å². The average molecular weight is 173 g/mol. The molecule has 3 heteroatoms. The van der Waals surface area contributed by atoms with Crippen LogP contribution in [0.4, 0.5) is 0 Å². The number of carbonyl (C=O) groups excluding carboxylic acids is 1. The van der Waals surface area contributed by atoms with Crippen molar-refractivity contribution >= 4 is 5.91 Å². The lowest BCUT2D eigenvalue weighted by Crippen LogP contribution is -2.43. The fourth-order valence-electron chi connectivity index (χ4n) is 1.37. The highest BCUT2D eigenvalue weighted by Crippen LogP contribution is 2.05. The zero-order valence-electron chi connectivity index (χ0n) is 8.63. The van der Waals surface area contributed by atoms with Crippen LogP contribution in [0.15, 0.2) is 0 Å². The number of ether oxygens (including phenoxy) is 1. The van der Waals surface area contributed by atoms with Gasteiger partial charge in [-0.05, 0) is 27.7 Å². The van der Waals surface area contributed by atoms with Gasteiger partial charge in [0.2, 0.25) is 5.91 Å². The normalized spacial score (nSPS) is 10.9. The quantitative estimate of drug-likeness (QED) is 0.641. The first kappa shape index (κ1) is 11.4. The van der Waals surface area contributed by atoms with E-state index < -0.39 is 0 Å². The lowest BCUT2D eigenvalue weighted by molar-refractivity contribution is -0.138. The summed E-state index contributed by atoms with van der Waals surface area (Å²) >= 11 is 0. The first-order chi connectivity index (χ1) is 5.50. The lowest BCUT2D eigenvalue weighted by Gasteiger charge is -2.30. The van der Waals surface area contributed by atoms with Crippen molar-refractivity contribution < 1.29 is 9.53 Å². The smallest absolute Gasteiger partial charge is 0.249 e. The summed E-state index contributed by atoms with van der Waals surface area (Å²) in [5.41, 5.74) is 0. The highest BCUT2D eigenvalue weighted by molar-refractivity contribution is 5.78. The second-order valence-electron chi connectivity index (χ2n) is 3.42. The molecule has 1 amide bonds. The number of carbonyl (C=O) groups is 1. The van der Waals surface area contributed by atoms with Gasteiger partial charge in [-0.3, -0.25) is 4.79 Å². The van der Waals surface area contributed by atoms with E-state index in [1.807, 2.05) is 32.6 Å². The number of hydrogen-bond donors (Lipinski definition) is 0. The van der Waals surface area contributed by atoms with Crippen molar-refractivity contribution in [3.8, 4) is 0 Å². The van der Waals surface area contributed by atoms with Gasteiger partial charge in [-0.15, -0.1) is 0 Å². The van der Waals surface area contributed by atoms with Crippen LogP contribution in [-0.2, 0) is 9.53 Å². The predicted molar refractivity (Wildman–Crippen MR) is 49.0 cm³/mol. The number of hydrogen-bond acceptors (Lipinski definition) is 2. The maximum atomic E-state index is 11.4. The van der Waals surface area contributed by atoms with Crippen LogP contribution < -0.4 is 0 Å². The summed E-state index contributed by atoms with van der Waals surface area (Å²) in [5, 5.41) is 0. The third-order valence-corrected chi connectivity index (χ3v) is 1.67. The molecule has 0 rings (SSSR count). The molecule has 72 valence electrons. The summed E-state index contributed by atoms with van der Waals surface area (Å²) in [6.07, 6.45) is 0. The first-order valence-electron chi connectivity index (χ1n) is 4.30. The van der Waals surface area contributed by atoms with Crippen molar-refractivity contribution in [1.82, 2.24) is 4.90 Å². The van der Waals surface area contributed by atoms with Crippen molar-refractivity contribution in [3.05, 3.63) is 0 Å². The van der Waals surface area contributed by atoms with Crippen molar-refractivity contribution in [2.24, 2.45) is 0 Å². The maximum Gasteiger partial charge on any atom is 0.249 e. The van der Waals surface area contributed by atoms with Gasteiger partial charge in [0.05, 0.1) is 0 Å². The summed E-state index contributed by atoms with van der Waals surface area (Å²) in [6, 6.07) is 0.486. The van der Waals surface area contributed by atoms with E-state index in [2.05, 4.69) is 0 Å². The largest absolute Gasteiger partial charge is 0.375 e. The molecular weight excluding hydrogens is 154 g/mol. The number of nitrogens with zero attached hydrogens (tertiary/aromatic N) is 1. The highest BCUT2D eigenvalue weighted by Gasteiger charge is 2.18. The molecule has 0 aliphatic rings. The van der Waals surface area contributed by atoms with Crippen LogP contribution in [0.5, 0.6) is 0 Å². The average Bonchev–Trinajstić information content (AvgIpc) is 1.85. The molecule has 0 radical (unpaired) electrons. The van der Waals surface area contributed by atoms with E-state index in [4.69, 9.17) is 4.74 Å². The Morgan fingerprint density at radius 1 is 1.25 bits per heavy atom. The first-order valence-corrected chi connectivity index (χ1v) is 4.30. The summed E-state index contributed by atoms with van der Waals surface area (Å²) in [4.78, 5) is 13.2. The third-order valence-electron chi connectivity index (χ3n) is 1.67. The zero-order chi connectivity index (χ0) is 9.72. The van der Waals surface area contributed by atoms with Crippen LogP contribution in [0.1, 0.15) is 27.7 Å². The second-order valence-corrected chi connectivity index (χ2v) is 3.42. The standard InChI is InChI=1S/C9H19NO2/c1-7(2)10(8(3)4)9(11)6-12-5/h7-8H,6H2,1-5H3. The van der Waals surface area contributed by atoms with E-state index in [1.54, 1.807) is 0 Å². The Labute approximate surface area is 74.7 Å². The van der Waals surface area contributed by atoms with Crippen molar-refractivity contribution in [2.75, 3.05) is 13.7 Å². The monoisotopic (exact) mass is 173 g/mol. The summed E-state index contributed by atoms with van der Waals surface area (Å²) in [6.45, 7) is 8.21. The van der Waals surface area contributed by atoms with Gasteiger partial charge in [-0.1, -0.05) is 0 Å². The van der Waals surface area contributed by atoms with E-state index in [0.29, 0.717) is 0 Å². The van der Waals surface area contributed by atoms with E-state index in [-0.39, 0.29) is 24.6 Å². The van der Waals surface area contributed by atoms with E-state index in [0.717, 1.165) is 0 Å². The second kappa shape index (κ2) is 5.14. The fourth-order valence-corrected chi connectivity index (χ4v) is 1.37. The van der Waals surface area contributed by atoms with E-state index >= 15 is 0 Å². The van der Waals surface area contributed by atoms with Crippen LogP contribution in [-0.4, -0.2) is 36.6 Å². The highest BCUT2D eigenvalue weighted by atomic mass is 16.5. The summed E-state index contributed by atoms with van der Waals surface area (Å²) in [7, 11) is 1.54. The molecule has 3 nitrogen and oxygen atoms in total. The minimum atomic E-state index is 0.0579. The Hall–Kier alpha value is -0.570. The molecule has 0 aliphatic heterocycles. The Bertz CT molecular complexity index is 135. The van der Waals surface area contributed by atoms with Crippen LogP contribution in [0.3, 0.4) is 0 Å². The Morgan fingerprint density at radius 2 is 1.67 bits per heavy atom. The molecular formula is C9H19NO2. The molecule has 0 unspecified atom stereocenters. The van der Waals surface area contributed by atoms with Gasteiger partial charge in [0, 0.05) is 19.2 Å². The summed E-state index contributed by atoms with van der Waals surface area (Å²) in [5.74, 6) is 0.0579. The topological polar surface area (TPSA) is 29.5 Å². The molecule has 12 heavy (non-hydrogen) atoms. The van der Waals surface area contributed by atoms with Gasteiger partial charge in [0.1, 0.15) is 6.61 Å². The molecule has 0 atom stereocenters. The zero-order valence-corrected chi connectivity index (χ0v) is 8.63. The van der Waals surface area contributed by atoms with Gasteiger partial charge in [0.25, 0.3) is 0 Å². The van der Waals surface area contributed by atoms with Gasteiger partial charge in [-0.25, -0.2) is 0 Å². The van der Waals surface area contributed by atoms with Crippen LogP contribution >= 0.6 is 0 Å². The van der Waals surface area contributed by atoms with Gasteiger partial charge < -0.3 is 9.64 Å². The van der Waals surface area contributed by atoms with Gasteiger partial charge in [0.15, 0.2) is 0 Å². The molecule has 0 N–H and O–H groups in total. The Kier molecular flexibility index (Phi) is 4.90. The fraction of sp³-hybridized carbons (Fsp3) is 0.889. The minimum Gasteiger partial charge on any atom is -0.375 e. The Balaban J connectivity index is 4.20. The summed E-state index contributed by atoms with van der Waals surface area (Å²) < 4.78 is 4.79. The number of rotatable bonds is 4. The predicted octanol–water partition coefficient (Wildman–Crippen LogP) is 1.28. The molecule has 0 bridgehead atoms. The minimum absolute atomic E-state index is 0.0579. The van der Waals surface area contributed by atoms with Crippen molar-refractivity contribution in [1.29, 1.82) is 0 Å². The van der Waals surface area contributed by atoms with Crippen molar-refractivity contribution in [2.45, 2.75) is 39.8 Å². The molecule has 0 spiro atoms. The van der Waals surface area contributed by atoms with Crippen LogP contribution in [0, 0.1) is 0 Å². The van der Waals surface area contributed by atoms with E-state index in [1.165, 1.54) is 7.11 Å². The Morgan fingerprint density at radius 3 is 1.92 bits per heavy atom. The van der Waals surface area contributed by atoms with Gasteiger partial charge >= 0.3 is 0 Å². The molecule has 0 aromatic rings. The van der Waals surface area contributed by atoms with Crippen LogP contribution in [0.25, 0.3) is 0 Å². The third kappa shape index (κ3) is 3.22. The molecule has 0 heterocycles. The molecule has 0 aromatic carbocycles. The molecule has 0 aliphatic carbocycles. The maximum absolute atomic E-state index is 11.4. The molecule has 0 aromatic heterocycles. The lowest BCUT2D eigenvalue weighted by atomic mass is 10.2. The van der Waals surface area contributed by atoms with E-state index in [9.17, 15) is 4.79 Å². The number of methoxy groups -OCH3 is 1. The molecule has 0 fully saturated rings. The molecule has 0 saturated heterocycles. The number of amides is 1. The SMILES string of the molecule is COCC(=O)N(C(C)C)C(C)C. The van der Waals surface area contributed by atoms with Gasteiger partial charge in [-0.2, -0.15) is 0 Å². The van der Waals surface area contributed by atoms with Crippen LogP contribution in [0.2, 0.25) is 0 Å². The molecule has 0 saturated carbocycles.